The third kappa shape index (κ3) is 9.80. The minimum absolute atomic E-state index is 0.615. The Morgan fingerprint density at radius 1 is 1.38 bits per heavy atom. The lowest BCUT2D eigenvalue weighted by Crippen LogP contribution is -2.26. The van der Waals surface area contributed by atoms with Gasteiger partial charge >= 0.3 is 0 Å². The molecule has 0 saturated heterocycles. The van der Waals surface area contributed by atoms with E-state index < -0.39 is 0 Å². The Kier molecular flexibility index (Phi) is 8.40. The van der Waals surface area contributed by atoms with E-state index in [-0.39, 0.29) is 0 Å². The van der Waals surface area contributed by atoms with Gasteiger partial charge in [-0.25, -0.2) is 0 Å². The molecule has 80 valence electrons. The van der Waals surface area contributed by atoms with Gasteiger partial charge in [-0.15, -0.1) is 0 Å². The second-order valence-corrected chi connectivity index (χ2v) is 3.92. The van der Waals surface area contributed by atoms with Crippen molar-refractivity contribution in [2.45, 2.75) is 13.3 Å². The molecule has 0 rings (SSSR count). The molecular formula is C10H24N2O. The van der Waals surface area contributed by atoms with Crippen molar-refractivity contribution in [1.82, 2.24) is 10.2 Å². The number of rotatable bonds is 8. The standard InChI is InChI=1S/C10H24N2O/c1-10(9-13-4)8-11-6-5-7-12(2)3/h10-11H,5-9H2,1-4H3. The molecule has 3 heteroatoms. The van der Waals surface area contributed by atoms with Crippen LogP contribution >= 0.6 is 0 Å². The Bertz CT molecular complexity index is 107. The van der Waals surface area contributed by atoms with Gasteiger partial charge in [0.2, 0.25) is 0 Å². The number of methoxy groups -OCH3 is 1. The van der Waals surface area contributed by atoms with Gasteiger partial charge in [-0.05, 0) is 46.1 Å². The first-order valence-electron chi connectivity index (χ1n) is 5.01. The van der Waals surface area contributed by atoms with Gasteiger partial charge in [0.1, 0.15) is 0 Å². The van der Waals surface area contributed by atoms with Gasteiger partial charge in [-0.3, -0.25) is 0 Å². The maximum absolute atomic E-state index is 5.05. The second kappa shape index (κ2) is 8.48. The maximum atomic E-state index is 5.05. The molecule has 0 saturated carbocycles. The van der Waals surface area contributed by atoms with Gasteiger partial charge in [0, 0.05) is 13.7 Å². The highest BCUT2D eigenvalue weighted by Gasteiger charge is 1.99. The summed E-state index contributed by atoms with van der Waals surface area (Å²) >= 11 is 0. The van der Waals surface area contributed by atoms with Crippen molar-refractivity contribution in [3.63, 3.8) is 0 Å². The number of hydrogen-bond acceptors (Lipinski definition) is 3. The van der Waals surface area contributed by atoms with Crippen LogP contribution in [0.2, 0.25) is 0 Å². The summed E-state index contributed by atoms with van der Waals surface area (Å²) in [5, 5.41) is 3.42. The largest absolute Gasteiger partial charge is 0.384 e. The Morgan fingerprint density at radius 3 is 2.62 bits per heavy atom. The highest BCUT2D eigenvalue weighted by Crippen LogP contribution is 1.92. The van der Waals surface area contributed by atoms with E-state index in [9.17, 15) is 0 Å². The minimum atomic E-state index is 0.615. The molecule has 1 atom stereocenters. The lowest BCUT2D eigenvalue weighted by molar-refractivity contribution is 0.158. The molecule has 0 aromatic heterocycles. The summed E-state index contributed by atoms with van der Waals surface area (Å²) in [6.07, 6.45) is 1.21. The van der Waals surface area contributed by atoms with Crippen LogP contribution in [0.15, 0.2) is 0 Å². The zero-order valence-corrected chi connectivity index (χ0v) is 9.47. The molecule has 0 aliphatic carbocycles. The van der Waals surface area contributed by atoms with Crippen LogP contribution in [0.1, 0.15) is 13.3 Å². The van der Waals surface area contributed by atoms with Crippen molar-refractivity contribution in [3.05, 3.63) is 0 Å². The van der Waals surface area contributed by atoms with Crippen molar-refractivity contribution < 1.29 is 4.74 Å². The molecule has 0 radical (unpaired) electrons. The Labute approximate surface area is 82.4 Å². The van der Waals surface area contributed by atoms with Crippen LogP contribution in [0.25, 0.3) is 0 Å². The Morgan fingerprint density at radius 2 is 2.08 bits per heavy atom. The predicted molar refractivity (Wildman–Crippen MR) is 57.1 cm³/mol. The van der Waals surface area contributed by atoms with Crippen LogP contribution < -0.4 is 5.32 Å². The number of ether oxygens (including phenoxy) is 1. The van der Waals surface area contributed by atoms with E-state index in [2.05, 4.69) is 31.2 Å². The molecule has 3 nitrogen and oxygen atoms in total. The molecule has 0 aromatic carbocycles. The fraction of sp³-hybridized carbons (Fsp3) is 1.00. The SMILES string of the molecule is COCC(C)CNCCCN(C)C. The molecule has 1 N–H and O–H groups in total. The van der Waals surface area contributed by atoms with Crippen molar-refractivity contribution in [2.75, 3.05) is 47.4 Å². The van der Waals surface area contributed by atoms with E-state index in [4.69, 9.17) is 4.74 Å². The molecular weight excluding hydrogens is 164 g/mol. The Hall–Kier alpha value is -0.120. The summed E-state index contributed by atoms with van der Waals surface area (Å²) in [4.78, 5) is 2.21. The lowest BCUT2D eigenvalue weighted by atomic mass is 10.2. The molecule has 0 aromatic rings. The molecule has 0 amide bonds. The van der Waals surface area contributed by atoms with Gasteiger partial charge in [-0.2, -0.15) is 0 Å². The van der Waals surface area contributed by atoms with E-state index in [0.29, 0.717) is 5.92 Å². The molecule has 0 aliphatic rings. The number of nitrogens with zero attached hydrogens (tertiary/aromatic N) is 1. The van der Waals surface area contributed by atoms with Crippen LogP contribution in [0, 0.1) is 5.92 Å². The van der Waals surface area contributed by atoms with Gasteiger partial charge in [0.25, 0.3) is 0 Å². The summed E-state index contributed by atoms with van der Waals surface area (Å²) in [6, 6.07) is 0. The van der Waals surface area contributed by atoms with E-state index in [0.717, 1.165) is 26.2 Å². The van der Waals surface area contributed by atoms with Crippen molar-refractivity contribution >= 4 is 0 Å². The van der Waals surface area contributed by atoms with Gasteiger partial charge in [-0.1, -0.05) is 6.92 Å². The van der Waals surface area contributed by atoms with Gasteiger partial charge in [0.05, 0.1) is 0 Å². The van der Waals surface area contributed by atoms with Crippen LogP contribution in [0.4, 0.5) is 0 Å². The molecule has 0 bridgehead atoms. The average Bonchev–Trinajstić information content (AvgIpc) is 2.03. The maximum Gasteiger partial charge on any atom is 0.0499 e. The number of nitrogens with one attached hydrogen (secondary N) is 1. The van der Waals surface area contributed by atoms with Crippen LogP contribution in [0.3, 0.4) is 0 Å². The van der Waals surface area contributed by atoms with E-state index in [1.54, 1.807) is 7.11 Å². The fourth-order valence-corrected chi connectivity index (χ4v) is 1.21. The third-order valence-electron chi connectivity index (χ3n) is 1.90. The van der Waals surface area contributed by atoms with Crippen LogP contribution in [-0.2, 0) is 4.74 Å². The third-order valence-corrected chi connectivity index (χ3v) is 1.90. The highest BCUT2D eigenvalue weighted by molar-refractivity contribution is 4.56. The predicted octanol–water partition coefficient (Wildman–Crippen LogP) is 0.810. The summed E-state index contributed by atoms with van der Waals surface area (Å²) in [6.45, 7) is 6.36. The molecule has 13 heavy (non-hydrogen) atoms. The van der Waals surface area contributed by atoms with Gasteiger partial charge in [0.15, 0.2) is 0 Å². The molecule has 1 unspecified atom stereocenters. The summed E-state index contributed by atoms with van der Waals surface area (Å²) in [5.74, 6) is 0.615. The quantitative estimate of drug-likeness (QED) is 0.571. The first-order valence-corrected chi connectivity index (χ1v) is 5.01. The zero-order chi connectivity index (χ0) is 10.1. The smallest absolute Gasteiger partial charge is 0.0499 e. The topological polar surface area (TPSA) is 24.5 Å². The summed E-state index contributed by atoms with van der Waals surface area (Å²) < 4.78 is 5.05. The minimum Gasteiger partial charge on any atom is -0.384 e. The van der Waals surface area contributed by atoms with Crippen molar-refractivity contribution in [1.29, 1.82) is 0 Å². The van der Waals surface area contributed by atoms with Gasteiger partial charge < -0.3 is 15.0 Å². The molecule has 0 heterocycles. The molecule has 0 aliphatic heterocycles. The van der Waals surface area contributed by atoms with Crippen molar-refractivity contribution in [3.8, 4) is 0 Å². The van der Waals surface area contributed by atoms with Crippen molar-refractivity contribution in [2.24, 2.45) is 5.92 Å². The molecule has 0 spiro atoms. The molecule has 0 fully saturated rings. The normalized spacial score (nSPS) is 13.6. The van der Waals surface area contributed by atoms with Crippen LogP contribution in [0.5, 0.6) is 0 Å². The Balaban J connectivity index is 3.06. The summed E-state index contributed by atoms with van der Waals surface area (Å²) in [7, 11) is 5.96. The monoisotopic (exact) mass is 188 g/mol. The number of hydrogen-bond donors (Lipinski definition) is 1. The van der Waals surface area contributed by atoms with E-state index in [1.807, 2.05) is 0 Å². The van der Waals surface area contributed by atoms with Crippen LogP contribution in [-0.4, -0.2) is 52.3 Å². The fourth-order valence-electron chi connectivity index (χ4n) is 1.21. The lowest BCUT2D eigenvalue weighted by Gasteiger charge is -2.12. The average molecular weight is 188 g/mol. The first kappa shape index (κ1) is 12.9. The summed E-state index contributed by atoms with van der Waals surface area (Å²) in [5.41, 5.74) is 0. The second-order valence-electron chi connectivity index (χ2n) is 3.92. The van der Waals surface area contributed by atoms with E-state index >= 15 is 0 Å². The first-order chi connectivity index (χ1) is 6.16. The van der Waals surface area contributed by atoms with E-state index in [1.165, 1.54) is 6.42 Å². The highest BCUT2D eigenvalue weighted by atomic mass is 16.5. The zero-order valence-electron chi connectivity index (χ0n) is 9.47.